The van der Waals surface area contributed by atoms with Gasteiger partial charge in [-0.3, -0.25) is 9.48 Å². The molecule has 1 aromatic heterocycles. The van der Waals surface area contributed by atoms with Crippen molar-refractivity contribution in [2.24, 2.45) is 0 Å². The van der Waals surface area contributed by atoms with Gasteiger partial charge in [0, 0.05) is 11.8 Å². The van der Waals surface area contributed by atoms with Gasteiger partial charge in [-0.05, 0) is 39.0 Å². The normalized spacial score (nSPS) is 13.8. The molecule has 22 heavy (non-hydrogen) atoms. The van der Waals surface area contributed by atoms with Crippen molar-refractivity contribution in [1.82, 2.24) is 9.78 Å². The Morgan fingerprint density at radius 2 is 1.95 bits per heavy atom. The molecular weight excluding hydrogens is 282 g/mol. The summed E-state index contributed by atoms with van der Waals surface area (Å²) in [5, 5.41) is 7.10. The number of ether oxygens (including phenoxy) is 2. The molecule has 1 amide bonds. The summed E-state index contributed by atoms with van der Waals surface area (Å²) in [6, 6.07) is 5.16. The fraction of sp³-hybridized carbons (Fsp3) is 0.375. The van der Waals surface area contributed by atoms with E-state index in [1.54, 1.807) is 24.4 Å². The van der Waals surface area contributed by atoms with Crippen LogP contribution in [0, 0.1) is 0 Å². The first-order valence-electron chi connectivity index (χ1n) is 7.20. The van der Waals surface area contributed by atoms with E-state index in [1.807, 2.05) is 31.6 Å². The van der Waals surface area contributed by atoms with Gasteiger partial charge in [0.25, 0.3) is 5.91 Å². The van der Waals surface area contributed by atoms with Crippen molar-refractivity contribution in [2.75, 3.05) is 18.5 Å². The molecule has 6 nitrogen and oxygen atoms in total. The lowest BCUT2D eigenvalue weighted by atomic mass is 10.1. The van der Waals surface area contributed by atoms with Crippen molar-refractivity contribution in [2.45, 2.75) is 26.3 Å². The molecule has 0 saturated carbocycles. The number of amides is 1. The third-order valence-corrected chi connectivity index (χ3v) is 3.33. The molecule has 0 atom stereocenters. The largest absolute Gasteiger partial charge is 0.486 e. The van der Waals surface area contributed by atoms with E-state index < -0.39 is 0 Å². The van der Waals surface area contributed by atoms with Gasteiger partial charge in [-0.2, -0.15) is 5.10 Å². The summed E-state index contributed by atoms with van der Waals surface area (Å²) in [6.07, 6.45) is 3.46. The molecule has 1 N–H and O–H groups in total. The zero-order valence-corrected chi connectivity index (χ0v) is 12.9. The van der Waals surface area contributed by atoms with Crippen molar-refractivity contribution in [3.05, 3.63) is 36.2 Å². The second-order valence-corrected chi connectivity index (χ2v) is 6.16. The predicted molar refractivity (Wildman–Crippen MR) is 82.6 cm³/mol. The third-order valence-electron chi connectivity index (χ3n) is 3.33. The van der Waals surface area contributed by atoms with Crippen molar-refractivity contribution in [3.63, 3.8) is 0 Å². The highest BCUT2D eigenvalue weighted by molar-refractivity contribution is 6.04. The zero-order valence-electron chi connectivity index (χ0n) is 12.9. The van der Waals surface area contributed by atoms with E-state index in [4.69, 9.17) is 9.47 Å². The highest BCUT2D eigenvalue weighted by Crippen LogP contribution is 2.31. The summed E-state index contributed by atoms with van der Waals surface area (Å²) in [5.41, 5.74) is 1.06. The molecule has 0 radical (unpaired) electrons. The van der Waals surface area contributed by atoms with E-state index in [-0.39, 0.29) is 11.4 Å². The number of hydrogen-bond acceptors (Lipinski definition) is 4. The number of rotatable bonds is 2. The van der Waals surface area contributed by atoms with Gasteiger partial charge in [-0.25, -0.2) is 0 Å². The second-order valence-electron chi connectivity index (χ2n) is 6.16. The average molecular weight is 301 g/mol. The molecule has 2 heterocycles. The summed E-state index contributed by atoms with van der Waals surface area (Å²) in [7, 11) is 0. The lowest BCUT2D eigenvalue weighted by Crippen LogP contribution is -2.22. The van der Waals surface area contributed by atoms with Gasteiger partial charge in [0.15, 0.2) is 11.5 Å². The molecule has 1 aliphatic rings. The van der Waals surface area contributed by atoms with E-state index >= 15 is 0 Å². The molecule has 6 heteroatoms. The Morgan fingerprint density at radius 3 is 2.64 bits per heavy atom. The van der Waals surface area contributed by atoms with Crippen LogP contribution in [0.25, 0.3) is 0 Å². The maximum absolute atomic E-state index is 12.3. The molecule has 0 spiro atoms. The Hall–Kier alpha value is -2.50. The number of carbonyl (C=O) groups excluding carboxylic acids is 1. The Morgan fingerprint density at radius 1 is 1.23 bits per heavy atom. The molecule has 0 fully saturated rings. The fourth-order valence-electron chi connectivity index (χ4n) is 2.14. The Bertz CT molecular complexity index is 701. The molecule has 116 valence electrons. The van der Waals surface area contributed by atoms with Gasteiger partial charge in [-0.1, -0.05) is 0 Å². The topological polar surface area (TPSA) is 65.4 Å². The summed E-state index contributed by atoms with van der Waals surface area (Å²) in [4.78, 5) is 12.3. The van der Waals surface area contributed by atoms with Crippen LogP contribution in [0.15, 0.2) is 30.6 Å². The Labute approximate surface area is 129 Å². The van der Waals surface area contributed by atoms with Crippen LogP contribution in [0.1, 0.15) is 31.1 Å². The predicted octanol–water partition coefficient (Wildman–Crippen LogP) is 2.66. The SMILES string of the molecule is CC(C)(C)n1cc(NC(=O)c2ccc3c(c2)OCCO3)cn1. The lowest BCUT2D eigenvalue weighted by molar-refractivity contribution is 0.102. The second kappa shape index (κ2) is 5.36. The van der Waals surface area contributed by atoms with Crippen LogP contribution in [-0.2, 0) is 5.54 Å². The lowest BCUT2D eigenvalue weighted by Gasteiger charge is -2.19. The van der Waals surface area contributed by atoms with E-state index in [2.05, 4.69) is 10.4 Å². The van der Waals surface area contributed by atoms with Crippen LogP contribution in [0.4, 0.5) is 5.69 Å². The van der Waals surface area contributed by atoms with Crippen molar-refractivity contribution >= 4 is 11.6 Å². The van der Waals surface area contributed by atoms with E-state index in [1.165, 1.54) is 0 Å². The van der Waals surface area contributed by atoms with E-state index in [0.717, 1.165) is 0 Å². The van der Waals surface area contributed by atoms with Crippen LogP contribution >= 0.6 is 0 Å². The van der Waals surface area contributed by atoms with Crippen LogP contribution in [0.3, 0.4) is 0 Å². The summed E-state index contributed by atoms with van der Waals surface area (Å²) in [5.74, 6) is 1.07. The zero-order chi connectivity index (χ0) is 15.7. The minimum atomic E-state index is -0.203. The molecule has 1 aromatic carbocycles. The Balaban J connectivity index is 1.76. The third kappa shape index (κ3) is 2.90. The van der Waals surface area contributed by atoms with Gasteiger partial charge in [0.05, 0.1) is 17.4 Å². The van der Waals surface area contributed by atoms with Gasteiger partial charge < -0.3 is 14.8 Å². The van der Waals surface area contributed by atoms with Gasteiger partial charge in [0.2, 0.25) is 0 Å². The number of fused-ring (bicyclic) bond motifs is 1. The minimum absolute atomic E-state index is 0.125. The summed E-state index contributed by atoms with van der Waals surface area (Å²) < 4.78 is 12.8. The highest BCUT2D eigenvalue weighted by Gasteiger charge is 2.17. The molecule has 0 unspecified atom stereocenters. The molecular formula is C16H19N3O3. The first kappa shape index (κ1) is 14.4. The minimum Gasteiger partial charge on any atom is -0.486 e. The van der Waals surface area contributed by atoms with Crippen molar-refractivity contribution in [1.29, 1.82) is 0 Å². The number of carbonyl (C=O) groups is 1. The highest BCUT2D eigenvalue weighted by atomic mass is 16.6. The smallest absolute Gasteiger partial charge is 0.255 e. The molecule has 0 bridgehead atoms. The monoisotopic (exact) mass is 301 g/mol. The summed E-state index contributed by atoms with van der Waals surface area (Å²) in [6.45, 7) is 7.17. The average Bonchev–Trinajstić information content (AvgIpc) is 2.95. The van der Waals surface area contributed by atoms with Crippen LogP contribution in [-0.4, -0.2) is 28.9 Å². The Kier molecular flexibility index (Phi) is 3.52. The number of nitrogens with zero attached hydrogens (tertiary/aromatic N) is 2. The maximum atomic E-state index is 12.3. The fourth-order valence-corrected chi connectivity index (χ4v) is 2.14. The van der Waals surface area contributed by atoms with Crippen LogP contribution in [0.5, 0.6) is 11.5 Å². The quantitative estimate of drug-likeness (QED) is 0.926. The molecule has 0 saturated heterocycles. The number of benzene rings is 1. The molecule has 3 rings (SSSR count). The number of aromatic nitrogens is 2. The first-order chi connectivity index (χ1) is 10.4. The standard InChI is InChI=1S/C16H19N3O3/c1-16(2,3)19-10-12(9-17-19)18-15(20)11-4-5-13-14(8-11)22-7-6-21-13/h4-5,8-10H,6-7H2,1-3H3,(H,18,20). The van der Waals surface area contributed by atoms with Crippen LogP contribution in [0.2, 0.25) is 0 Å². The maximum Gasteiger partial charge on any atom is 0.255 e. The number of nitrogens with one attached hydrogen (secondary N) is 1. The van der Waals surface area contributed by atoms with E-state index in [0.29, 0.717) is 36.0 Å². The van der Waals surface area contributed by atoms with E-state index in [9.17, 15) is 4.79 Å². The van der Waals surface area contributed by atoms with Gasteiger partial charge in [-0.15, -0.1) is 0 Å². The van der Waals surface area contributed by atoms with Crippen LogP contribution < -0.4 is 14.8 Å². The first-order valence-corrected chi connectivity index (χ1v) is 7.20. The molecule has 0 aliphatic carbocycles. The molecule has 1 aliphatic heterocycles. The van der Waals surface area contributed by atoms with Gasteiger partial charge >= 0.3 is 0 Å². The van der Waals surface area contributed by atoms with Crippen molar-refractivity contribution in [3.8, 4) is 11.5 Å². The van der Waals surface area contributed by atoms with Crippen molar-refractivity contribution < 1.29 is 14.3 Å². The molecule has 2 aromatic rings. The number of hydrogen-bond donors (Lipinski definition) is 1. The van der Waals surface area contributed by atoms with Gasteiger partial charge in [0.1, 0.15) is 13.2 Å². The summed E-state index contributed by atoms with van der Waals surface area (Å²) >= 11 is 0. The number of anilines is 1.